The van der Waals surface area contributed by atoms with Gasteiger partial charge in [-0.3, -0.25) is 4.98 Å². The second kappa shape index (κ2) is 13.5. The topological polar surface area (TPSA) is 110 Å². The highest BCUT2D eigenvalue weighted by atomic mass is 35.5. The van der Waals surface area contributed by atoms with Crippen molar-refractivity contribution in [3.63, 3.8) is 0 Å². The molecule has 0 radical (unpaired) electrons. The van der Waals surface area contributed by atoms with E-state index in [1.165, 1.54) is 6.20 Å². The first-order valence-corrected chi connectivity index (χ1v) is 15.3. The van der Waals surface area contributed by atoms with Gasteiger partial charge in [0, 0.05) is 13.0 Å². The molecule has 9 nitrogen and oxygen atoms in total. The first kappa shape index (κ1) is 31.7. The highest BCUT2D eigenvalue weighted by Crippen LogP contribution is 2.37. The van der Waals surface area contributed by atoms with Gasteiger partial charge in [-0.1, -0.05) is 31.9 Å². The fourth-order valence-electron chi connectivity index (χ4n) is 5.63. The van der Waals surface area contributed by atoms with Crippen molar-refractivity contribution in [3.05, 3.63) is 40.2 Å². The highest BCUT2D eigenvalue weighted by molar-refractivity contribution is 6.33. The molecule has 43 heavy (non-hydrogen) atoms. The Morgan fingerprint density at radius 2 is 2.07 bits per heavy atom. The van der Waals surface area contributed by atoms with Crippen LogP contribution >= 0.6 is 11.6 Å². The zero-order chi connectivity index (χ0) is 30.7. The third kappa shape index (κ3) is 7.89. The number of nitrogens with one attached hydrogen (secondary N) is 2. The monoisotopic (exact) mass is 625 g/mol. The van der Waals surface area contributed by atoms with Gasteiger partial charge in [0.1, 0.15) is 24.6 Å². The minimum atomic E-state index is -4.31. The number of aromatic nitrogens is 2. The van der Waals surface area contributed by atoms with Gasteiger partial charge in [-0.15, -0.1) is 0 Å². The Bertz CT molecular complexity index is 1310. The van der Waals surface area contributed by atoms with E-state index in [1.807, 2.05) is 6.92 Å². The number of pyridine rings is 2. The number of alkyl halides is 3. The fourth-order valence-corrected chi connectivity index (χ4v) is 5.89. The van der Waals surface area contributed by atoms with Crippen molar-refractivity contribution in [2.45, 2.75) is 95.9 Å². The van der Waals surface area contributed by atoms with E-state index in [0.717, 1.165) is 29.7 Å². The fraction of sp³-hybridized carbons (Fsp3) is 0.633. The van der Waals surface area contributed by atoms with Crippen molar-refractivity contribution >= 4 is 34.8 Å². The highest BCUT2D eigenvalue weighted by Gasteiger charge is 2.45. The van der Waals surface area contributed by atoms with Crippen LogP contribution in [0.25, 0.3) is 0 Å². The summed E-state index contributed by atoms with van der Waals surface area (Å²) < 4.78 is 56.2. The number of aliphatic hydroxyl groups is 1. The Balaban J connectivity index is 1.35. The number of aliphatic imine (C=N–C) groups is 1. The van der Waals surface area contributed by atoms with Crippen LogP contribution in [-0.2, 0) is 20.6 Å². The maximum atomic E-state index is 12.6. The number of fused-ring (bicyclic) bond motifs is 2. The molecule has 0 spiro atoms. The van der Waals surface area contributed by atoms with Crippen LogP contribution in [0, 0.1) is 12.8 Å². The average molecular weight is 626 g/mol. The Morgan fingerprint density at radius 1 is 1.26 bits per heavy atom. The van der Waals surface area contributed by atoms with Crippen LogP contribution in [0.5, 0.6) is 0 Å². The molecule has 1 aliphatic carbocycles. The second-order valence-corrected chi connectivity index (χ2v) is 12.1. The number of nitrogens with zero attached hydrogens (tertiary/aromatic N) is 3. The van der Waals surface area contributed by atoms with Crippen molar-refractivity contribution in [3.8, 4) is 0 Å². The largest absolute Gasteiger partial charge is 0.472 e. The molecule has 0 aromatic carbocycles. The summed E-state index contributed by atoms with van der Waals surface area (Å²) in [7, 11) is 0. The molecule has 3 N–H and O–H groups in total. The minimum Gasteiger partial charge on any atom is -0.472 e. The molecule has 3 aliphatic rings. The maximum absolute atomic E-state index is 12.6. The molecule has 236 valence electrons. The molecule has 5 rings (SSSR count). The maximum Gasteiger partial charge on any atom is 0.405 e. The number of ether oxygens (including phenoxy) is 3. The van der Waals surface area contributed by atoms with Crippen molar-refractivity contribution in [1.82, 2.24) is 9.97 Å². The smallest absolute Gasteiger partial charge is 0.405 e. The molecule has 2 aromatic heterocycles. The van der Waals surface area contributed by atoms with Gasteiger partial charge in [-0.05, 0) is 61.8 Å². The predicted molar refractivity (Wildman–Crippen MR) is 158 cm³/mol. The molecule has 2 aromatic rings. The predicted octanol–water partition coefficient (Wildman–Crippen LogP) is 6.30. The quantitative estimate of drug-likeness (QED) is 0.220. The number of aliphatic hydroxyl groups excluding tert-OH is 1. The van der Waals surface area contributed by atoms with E-state index in [1.54, 1.807) is 12.1 Å². The van der Waals surface area contributed by atoms with Gasteiger partial charge in [-0.2, -0.15) is 18.2 Å². The van der Waals surface area contributed by atoms with Crippen LogP contribution in [0.15, 0.2) is 23.3 Å². The molecule has 13 heteroatoms. The lowest BCUT2D eigenvalue weighted by Crippen LogP contribution is -2.40. The van der Waals surface area contributed by atoms with E-state index in [0.29, 0.717) is 73.1 Å². The number of hydrogen-bond donors (Lipinski definition) is 3. The van der Waals surface area contributed by atoms with Gasteiger partial charge in [-0.25, -0.2) is 4.98 Å². The number of rotatable bonds is 9. The molecular formula is C30H39ClF3N5O4. The van der Waals surface area contributed by atoms with Gasteiger partial charge in [0.15, 0.2) is 17.8 Å². The Labute approximate surface area is 254 Å². The van der Waals surface area contributed by atoms with Gasteiger partial charge in [0.05, 0.1) is 41.4 Å². The van der Waals surface area contributed by atoms with Gasteiger partial charge in [0.25, 0.3) is 0 Å². The minimum absolute atomic E-state index is 0.210. The second-order valence-electron chi connectivity index (χ2n) is 11.7. The average Bonchev–Trinajstić information content (AvgIpc) is 3.49. The summed E-state index contributed by atoms with van der Waals surface area (Å²) in [6, 6.07) is 3.30. The lowest BCUT2D eigenvalue weighted by molar-refractivity contribution is -0.115. The van der Waals surface area contributed by atoms with Crippen molar-refractivity contribution < 1.29 is 32.5 Å². The molecule has 0 saturated carbocycles. The molecule has 2 aliphatic heterocycles. The summed E-state index contributed by atoms with van der Waals surface area (Å²) in [6.07, 6.45) is -0.438. The lowest BCUT2D eigenvalue weighted by Gasteiger charge is -2.24. The zero-order valence-electron chi connectivity index (χ0n) is 24.6. The van der Waals surface area contributed by atoms with Crippen LogP contribution in [0.1, 0.15) is 68.8 Å². The van der Waals surface area contributed by atoms with Crippen LogP contribution in [-0.4, -0.2) is 71.3 Å². The van der Waals surface area contributed by atoms with Crippen LogP contribution in [0.2, 0.25) is 5.02 Å². The van der Waals surface area contributed by atoms with E-state index >= 15 is 0 Å². The summed E-state index contributed by atoms with van der Waals surface area (Å²) in [6.45, 7) is 5.84. The lowest BCUT2D eigenvalue weighted by atomic mass is 10.0. The van der Waals surface area contributed by atoms with Crippen molar-refractivity contribution in [1.29, 1.82) is 0 Å². The Morgan fingerprint density at radius 3 is 2.84 bits per heavy atom. The van der Waals surface area contributed by atoms with E-state index < -0.39 is 31.0 Å². The van der Waals surface area contributed by atoms with E-state index in [9.17, 15) is 18.3 Å². The van der Waals surface area contributed by atoms with E-state index in [-0.39, 0.29) is 12.1 Å². The standard InChI is InChI=1S/C30H39ClF3N5O4/c1-4-16(2)10-24(43-23-14-42-26-22(40)6-5-9-41-27(23)26)38-28-17(3)11-20(31)29(39-28)37-21-8-7-18-12-19(13-35-25(18)21)36-15-30(32,33)34/h11-13,16,21-23,26-27,36,40H,4-10,14-15H2,1-3H3,(H,37,39)/t16?,21?,22-,23-,26-,27-/m1/s1. The third-order valence-electron chi connectivity index (χ3n) is 8.19. The number of anilines is 2. The summed E-state index contributed by atoms with van der Waals surface area (Å²) >= 11 is 6.60. The molecule has 2 unspecified atom stereocenters. The third-order valence-corrected chi connectivity index (χ3v) is 8.48. The summed E-state index contributed by atoms with van der Waals surface area (Å²) in [5, 5.41) is 16.7. The van der Waals surface area contributed by atoms with E-state index in [2.05, 4.69) is 29.5 Å². The SMILES string of the molecule is CCC(C)CC(=Nc1nc(NC2CCc3cc(NCC(F)(F)F)cnc32)c(Cl)cc1C)O[C@@H]1CO[C@H]2[C@@H]1OCCC[C@H]2O. The Kier molecular flexibility index (Phi) is 10.00. The van der Waals surface area contributed by atoms with Gasteiger partial charge in [0.2, 0.25) is 0 Å². The van der Waals surface area contributed by atoms with Crippen LogP contribution < -0.4 is 10.6 Å². The van der Waals surface area contributed by atoms with Crippen LogP contribution in [0.3, 0.4) is 0 Å². The van der Waals surface area contributed by atoms with Crippen LogP contribution in [0.4, 0.5) is 30.5 Å². The number of aryl methyl sites for hydroxylation is 2. The molecule has 0 amide bonds. The number of hydrogen-bond acceptors (Lipinski definition) is 9. The van der Waals surface area contributed by atoms with Gasteiger partial charge >= 0.3 is 6.18 Å². The van der Waals surface area contributed by atoms with Gasteiger partial charge < -0.3 is 30.0 Å². The zero-order valence-corrected chi connectivity index (χ0v) is 25.3. The molecule has 6 atom stereocenters. The molecule has 2 fully saturated rings. The molecular weight excluding hydrogens is 587 g/mol. The Hall–Kier alpha value is -2.67. The van der Waals surface area contributed by atoms with Crippen molar-refractivity contribution in [2.75, 3.05) is 30.4 Å². The summed E-state index contributed by atoms with van der Waals surface area (Å²) in [5.41, 5.74) is 2.73. The number of halogens is 4. The molecule has 4 heterocycles. The first-order valence-electron chi connectivity index (χ1n) is 14.9. The first-order chi connectivity index (χ1) is 20.5. The van der Waals surface area contributed by atoms with E-state index in [4.69, 9.17) is 35.8 Å². The molecule has 2 saturated heterocycles. The summed E-state index contributed by atoms with van der Waals surface area (Å²) in [5.74, 6) is 1.72. The summed E-state index contributed by atoms with van der Waals surface area (Å²) in [4.78, 5) is 14.1. The normalized spacial score (nSPS) is 26.4. The molecule has 0 bridgehead atoms. The van der Waals surface area contributed by atoms with Crippen molar-refractivity contribution in [2.24, 2.45) is 10.9 Å².